The van der Waals surface area contributed by atoms with Crippen molar-refractivity contribution < 1.29 is 0 Å². The lowest BCUT2D eigenvalue weighted by atomic mass is 10.1. The zero-order chi connectivity index (χ0) is 14.5. The Kier molecular flexibility index (Phi) is 2.82. The molecule has 1 atom stereocenters. The van der Waals surface area contributed by atoms with Crippen LogP contribution in [0.4, 0.5) is 5.82 Å². The molecule has 3 N–H and O–H groups in total. The van der Waals surface area contributed by atoms with E-state index in [2.05, 4.69) is 40.6 Å². The van der Waals surface area contributed by atoms with Crippen molar-refractivity contribution in [3.05, 3.63) is 16.8 Å². The Morgan fingerprint density at radius 1 is 1.40 bits per heavy atom. The number of likely N-dealkylation sites (tertiary alicyclic amines) is 1. The molecule has 7 heteroatoms. The van der Waals surface area contributed by atoms with Crippen LogP contribution in [0.2, 0.25) is 0 Å². The molecule has 0 unspecified atom stereocenters. The highest BCUT2D eigenvalue weighted by molar-refractivity contribution is 5.81. The highest BCUT2D eigenvalue weighted by Gasteiger charge is 2.32. The van der Waals surface area contributed by atoms with Crippen molar-refractivity contribution in [1.82, 2.24) is 24.4 Å². The number of anilines is 1. The Labute approximate surface area is 116 Å². The van der Waals surface area contributed by atoms with E-state index in [9.17, 15) is 4.79 Å². The van der Waals surface area contributed by atoms with Crippen LogP contribution in [0.5, 0.6) is 0 Å². The van der Waals surface area contributed by atoms with E-state index in [0.717, 1.165) is 19.5 Å². The number of nitrogens with two attached hydrogens (primary N) is 1. The quantitative estimate of drug-likeness (QED) is 0.801. The molecule has 0 amide bonds. The maximum absolute atomic E-state index is 12.2. The molecule has 20 heavy (non-hydrogen) atoms. The topological polar surface area (TPSA) is 92.8 Å². The van der Waals surface area contributed by atoms with Crippen LogP contribution in [0.15, 0.2) is 11.1 Å². The summed E-state index contributed by atoms with van der Waals surface area (Å²) in [6.07, 6.45) is 2.34. The first-order chi connectivity index (χ1) is 9.38. The monoisotopic (exact) mass is 276 g/mol. The summed E-state index contributed by atoms with van der Waals surface area (Å²) in [4.78, 5) is 25.5. The molecule has 1 aliphatic rings. The molecule has 3 heterocycles. The lowest BCUT2D eigenvalue weighted by molar-refractivity contribution is 0.168. The molecule has 2 aromatic rings. The van der Waals surface area contributed by atoms with Gasteiger partial charge in [-0.3, -0.25) is 9.47 Å². The third kappa shape index (κ3) is 1.98. The van der Waals surface area contributed by atoms with E-state index in [-0.39, 0.29) is 17.3 Å². The molecule has 7 nitrogen and oxygen atoms in total. The van der Waals surface area contributed by atoms with E-state index in [4.69, 9.17) is 5.73 Å². The van der Waals surface area contributed by atoms with Gasteiger partial charge in [0.2, 0.25) is 0 Å². The summed E-state index contributed by atoms with van der Waals surface area (Å²) >= 11 is 0. The van der Waals surface area contributed by atoms with Crippen LogP contribution >= 0.6 is 0 Å². The maximum Gasteiger partial charge on any atom is 0.328 e. The van der Waals surface area contributed by atoms with Crippen LogP contribution in [0, 0.1) is 0 Å². The summed E-state index contributed by atoms with van der Waals surface area (Å²) in [6, 6.07) is 0.129. The van der Waals surface area contributed by atoms with Crippen molar-refractivity contribution in [2.75, 3.05) is 18.8 Å². The van der Waals surface area contributed by atoms with Crippen LogP contribution < -0.4 is 11.4 Å². The zero-order valence-electron chi connectivity index (χ0n) is 12.1. The van der Waals surface area contributed by atoms with Crippen LogP contribution in [0.1, 0.15) is 33.2 Å². The van der Waals surface area contributed by atoms with Gasteiger partial charge in [0.15, 0.2) is 11.5 Å². The molecule has 2 aromatic heterocycles. The number of nitrogens with zero attached hydrogens (tertiary/aromatic N) is 4. The van der Waals surface area contributed by atoms with Crippen molar-refractivity contribution in [2.24, 2.45) is 0 Å². The molecule has 0 aliphatic carbocycles. The summed E-state index contributed by atoms with van der Waals surface area (Å²) < 4.78 is 1.72. The first-order valence-corrected chi connectivity index (χ1v) is 6.83. The lowest BCUT2D eigenvalue weighted by Crippen LogP contribution is -2.40. The second-order valence-electron chi connectivity index (χ2n) is 6.32. The van der Waals surface area contributed by atoms with E-state index in [1.807, 2.05) is 0 Å². The third-order valence-electron chi connectivity index (χ3n) is 4.01. The number of imidazole rings is 1. The van der Waals surface area contributed by atoms with Gasteiger partial charge in [0, 0.05) is 18.6 Å². The molecule has 1 aliphatic heterocycles. The van der Waals surface area contributed by atoms with Crippen molar-refractivity contribution in [1.29, 1.82) is 0 Å². The van der Waals surface area contributed by atoms with Crippen molar-refractivity contribution in [3.63, 3.8) is 0 Å². The van der Waals surface area contributed by atoms with Gasteiger partial charge in [-0.2, -0.15) is 0 Å². The highest BCUT2D eigenvalue weighted by atomic mass is 16.1. The van der Waals surface area contributed by atoms with Gasteiger partial charge in [0.1, 0.15) is 11.8 Å². The van der Waals surface area contributed by atoms with E-state index in [1.165, 1.54) is 6.33 Å². The minimum Gasteiger partial charge on any atom is -0.382 e. The number of H-pyrrole nitrogens is 1. The molecular formula is C13H20N6O. The smallest absolute Gasteiger partial charge is 0.328 e. The first kappa shape index (κ1) is 13.1. The third-order valence-corrected chi connectivity index (χ3v) is 4.01. The van der Waals surface area contributed by atoms with Gasteiger partial charge >= 0.3 is 5.69 Å². The summed E-state index contributed by atoms with van der Waals surface area (Å²) in [5, 5.41) is 0. The minimum atomic E-state index is -0.159. The second kappa shape index (κ2) is 4.31. The number of rotatable bonds is 1. The number of fused-ring (bicyclic) bond motifs is 1. The fraction of sp³-hybridized carbons (Fsp3) is 0.615. The molecular weight excluding hydrogens is 256 g/mol. The first-order valence-electron chi connectivity index (χ1n) is 6.83. The number of nitrogen functional groups attached to an aromatic ring is 1. The van der Waals surface area contributed by atoms with Crippen LogP contribution in [0.3, 0.4) is 0 Å². The van der Waals surface area contributed by atoms with Crippen molar-refractivity contribution in [3.8, 4) is 0 Å². The van der Waals surface area contributed by atoms with Gasteiger partial charge in [-0.25, -0.2) is 14.8 Å². The number of hydrogen-bond acceptors (Lipinski definition) is 5. The molecule has 3 rings (SSSR count). The summed E-state index contributed by atoms with van der Waals surface area (Å²) in [7, 11) is 0. The van der Waals surface area contributed by atoms with Crippen LogP contribution in [0.25, 0.3) is 11.2 Å². The van der Waals surface area contributed by atoms with E-state index < -0.39 is 0 Å². The molecule has 1 saturated heterocycles. The summed E-state index contributed by atoms with van der Waals surface area (Å²) in [5.41, 5.74) is 6.87. The number of hydrogen-bond donors (Lipinski definition) is 2. The largest absolute Gasteiger partial charge is 0.382 e. The lowest BCUT2D eigenvalue weighted by Gasteiger charge is -2.31. The Hall–Kier alpha value is -1.89. The van der Waals surface area contributed by atoms with Gasteiger partial charge in [-0.05, 0) is 27.2 Å². The predicted molar refractivity (Wildman–Crippen MR) is 77.5 cm³/mol. The molecule has 0 aromatic carbocycles. The Morgan fingerprint density at radius 3 is 2.80 bits per heavy atom. The molecule has 0 saturated carbocycles. The van der Waals surface area contributed by atoms with Gasteiger partial charge in [0.05, 0.1) is 6.04 Å². The summed E-state index contributed by atoms with van der Waals surface area (Å²) in [6.45, 7) is 8.39. The van der Waals surface area contributed by atoms with Gasteiger partial charge < -0.3 is 10.7 Å². The number of aromatic amines is 1. The van der Waals surface area contributed by atoms with Crippen molar-refractivity contribution in [2.45, 2.75) is 38.8 Å². The number of nitrogens with one attached hydrogen (secondary N) is 1. The average Bonchev–Trinajstić information content (AvgIpc) is 2.92. The van der Waals surface area contributed by atoms with Gasteiger partial charge in [-0.1, -0.05) is 0 Å². The maximum atomic E-state index is 12.2. The molecule has 0 bridgehead atoms. The predicted octanol–water partition coefficient (Wildman–Crippen LogP) is 0.747. The average molecular weight is 276 g/mol. The molecule has 0 radical (unpaired) electrons. The van der Waals surface area contributed by atoms with Gasteiger partial charge in [-0.15, -0.1) is 0 Å². The molecule has 0 spiro atoms. The normalized spacial score (nSPS) is 20.9. The number of aromatic nitrogens is 4. The molecule has 1 fully saturated rings. The van der Waals surface area contributed by atoms with Crippen LogP contribution in [-0.4, -0.2) is 43.0 Å². The SMILES string of the molecule is CC(C)(C)N1CC[C@@H](n2c(=O)[nH]c3c(N)ncnc32)C1. The Morgan fingerprint density at radius 2 is 2.15 bits per heavy atom. The Bertz CT molecular complexity index is 695. The summed E-state index contributed by atoms with van der Waals surface area (Å²) in [5.74, 6) is 0.316. The standard InChI is InChI=1S/C13H20N6O/c1-13(2,3)18-5-4-8(6-18)19-11-9(17-12(19)20)10(14)15-7-16-11/h7-8H,4-6H2,1-3H3,(H,17,20)(H2,14,15,16)/t8-/m1/s1. The van der Waals surface area contributed by atoms with E-state index >= 15 is 0 Å². The van der Waals surface area contributed by atoms with E-state index in [0.29, 0.717) is 17.0 Å². The van der Waals surface area contributed by atoms with E-state index in [1.54, 1.807) is 4.57 Å². The van der Waals surface area contributed by atoms with Crippen LogP contribution in [-0.2, 0) is 0 Å². The highest BCUT2D eigenvalue weighted by Crippen LogP contribution is 2.28. The second-order valence-corrected chi connectivity index (χ2v) is 6.32. The Balaban J connectivity index is 2.02. The fourth-order valence-corrected chi connectivity index (χ4v) is 2.86. The molecule has 108 valence electrons. The van der Waals surface area contributed by atoms with Crippen molar-refractivity contribution >= 4 is 17.0 Å². The minimum absolute atomic E-state index is 0.110. The fourth-order valence-electron chi connectivity index (χ4n) is 2.86. The van der Waals surface area contributed by atoms with Gasteiger partial charge in [0.25, 0.3) is 0 Å². The zero-order valence-corrected chi connectivity index (χ0v) is 12.1.